The van der Waals surface area contributed by atoms with E-state index in [0.29, 0.717) is 0 Å². The van der Waals surface area contributed by atoms with Gasteiger partial charge in [0.2, 0.25) is 0 Å². The lowest BCUT2D eigenvalue weighted by molar-refractivity contribution is 0.560. The molecule has 0 heteroatoms. The number of rotatable bonds is 4. The summed E-state index contributed by atoms with van der Waals surface area (Å²) in [5.41, 5.74) is 13.7. The van der Waals surface area contributed by atoms with Gasteiger partial charge in [0.1, 0.15) is 0 Å². The second-order valence-electron chi connectivity index (χ2n) is 9.59. The summed E-state index contributed by atoms with van der Waals surface area (Å²) in [4.78, 5) is 0. The molecule has 2 aliphatic carbocycles. The van der Waals surface area contributed by atoms with Crippen molar-refractivity contribution in [3.05, 3.63) is 144 Å². The molecular weight excluding hydrogens is 408 g/mol. The molecule has 0 atom stereocenters. The minimum absolute atomic E-state index is 0.0139. The van der Waals surface area contributed by atoms with Crippen LogP contribution in [-0.2, 0) is 5.41 Å². The molecule has 0 fully saturated rings. The average Bonchev–Trinajstić information content (AvgIpc) is 3.37. The van der Waals surface area contributed by atoms with Crippen molar-refractivity contribution in [2.75, 3.05) is 0 Å². The van der Waals surface area contributed by atoms with Gasteiger partial charge in [-0.2, -0.15) is 0 Å². The normalized spacial score (nSPS) is 15.7. The molecule has 0 nitrogen and oxygen atoms in total. The van der Waals surface area contributed by atoms with Crippen LogP contribution < -0.4 is 0 Å². The summed E-state index contributed by atoms with van der Waals surface area (Å²) >= 11 is 0. The smallest absolute Gasteiger partial charge is 0.0292 e. The summed E-state index contributed by atoms with van der Waals surface area (Å²) in [6.45, 7) is 6.17. The van der Waals surface area contributed by atoms with E-state index >= 15 is 0 Å². The molecule has 0 aromatic heterocycles. The van der Waals surface area contributed by atoms with Crippen molar-refractivity contribution >= 4 is 0 Å². The Kier molecular flexibility index (Phi) is 4.96. The Morgan fingerprint density at radius 2 is 1.18 bits per heavy atom. The Balaban J connectivity index is 1.55. The van der Waals surface area contributed by atoms with Crippen molar-refractivity contribution < 1.29 is 0 Å². The van der Waals surface area contributed by atoms with Crippen molar-refractivity contribution in [3.8, 4) is 33.4 Å². The second-order valence-corrected chi connectivity index (χ2v) is 9.59. The lowest BCUT2D eigenvalue weighted by Gasteiger charge is -2.28. The van der Waals surface area contributed by atoms with Gasteiger partial charge < -0.3 is 0 Å². The van der Waals surface area contributed by atoms with E-state index in [1.54, 1.807) is 0 Å². The van der Waals surface area contributed by atoms with E-state index in [1.165, 1.54) is 55.7 Å². The Bertz CT molecular complexity index is 1360. The van der Waals surface area contributed by atoms with Crippen LogP contribution in [-0.4, -0.2) is 0 Å². The molecule has 1 spiro atoms. The van der Waals surface area contributed by atoms with Gasteiger partial charge in [0.05, 0.1) is 0 Å². The van der Waals surface area contributed by atoms with Crippen molar-refractivity contribution in [2.45, 2.75) is 25.2 Å². The predicted molar refractivity (Wildman–Crippen MR) is 145 cm³/mol. The minimum atomic E-state index is 0.0139. The molecule has 0 unspecified atom stereocenters. The van der Waals surface area contributed by atoms with Crippen LogP contribution in [0.25, 0.3) is 33.4 Å². The molecular formula is C34H28. The summed E-state index contributed by atoms with van der Waals surface area (Å²) in [5.74, 6) is 0. The first-order chi connectivity index (χ1) is 16.7. The van der Waals surface area contributed by atoms with Gasteiger partial charge >= 0.3 is 0 Å². The fourth-order valence-electron chi connectivity index (χ4n) is 6.01. The molecule has 0 heterocycles. The maximum atomic E-state index is 3.88. The van der Waals surface area contributed by atoms with E-state index in [1.807, 2.05) is 6.08 Å². The summed E-state index contributed by atoms with van der Waals surface area (Å²) in [7, 11) is 0. The molecule has 0 amide bonds. The van der Waals surface area contributed by atoms with Gasteiger partial charge in [-0.3, -0.25) is 0 Å². The second kappa shape index (κ2) is 8.15. The van der Waals surface area contributed by atoms with Crippen LogP contribution in [0.2, 0.25) is 0 Å². The van der Waals surface area contributed by atoms with E-state index in [2.05, 4.69) is 123 Å². The molecule has 0 N–H and O–H groups in total. The van der Waals surface area contributed by atoms with Gasteiger partial charge in [-0.15, -0.1) is 0 Å². The van der Waals surface area contributed by atoms with Crippen LogP contribution in [0.15, 0.2) is 133 Å². The first-order valence-corrected chi connectivity index (χ1v) is 12.1. The molecule has 0 radical (unpaired) electrons. The van der Waals surface area contributed by atoms with Gasteiger partial charge in [0, 0.05) is 5.41 Å². The molecule has 0 saturated carbocycles. The summed E-state index contributed by atoms with van der Waals surface area (Å²) in [6, 6.07) is 35.7. The lowest BCUT2D eigenvalue weighted by Crippen LogP contribution is -2.22. The highest BCUT2D eigenvalue weighted by molar-refractivity contribution is 5.88. The largest absolute Gasteiger partial charge is 0.0991 e. The Morgan fingerprint density at radius 1 is 0.647 bits per heavy atom. The molecule has 0 aliphatic heterocycles. The molecule has 0 saturated heterocycles. The molecule has 2 aliphatic rings. The molecule has 4 aromatic rings. The maximum absolute atomic E-state index is 3.88. The van der Waals surface area contributed by atoms with Gasteiger partial charge in [0.25, 0.3) is 0 Å². The van der Waals surface area contributed by atoms with Gasteiger partial charge in [0.15, 0.2) is 0 Å². The van der Waals surface area contributed by atoms with Crippen LogP contribution in [0.3, 0.4) is 0 Å². The summed E-state index contributed by atoms with van der Waals surface area (Å²) < 4.78 is 0. The molecule has 6 rings (SSSR count). The molecule has 4 aromatic carbocycles. The van der Waals surface area contributed by atoms with Gasteiger partial charge in [-0.25, -0.2) is 0 Å². The Morgan fingerprint density at radius 3 is 1.68 bits per heavy atom. The van der Waals surface area contributed by atoms with E-state index in [9.17, 15) is 0 Å². The van der Waals surface area contributed by atoms with Gasteiger partial charge in [-0.05, 0) is 82.0 Å². The Hall–Kier alpha value is -3.90. The highest BCUT2D eigenvalue weighted by Gasteiger charge is 2.46. The quantitative estimate of drug-likeness (QED) is 0.280. The number of allylic oxidation sites excluding steroid dienone is 5. The van der Waals surface area contributed by atoms with Crippen LogP contribution in [0.5, 0.6) is 0 Å². The summed E-state index contributed by atoms with van der Waals surface area (Å²) in [6.07, 6.45) is 8.31. The number of hydrogen-bond acceptors (Lipinski definition) is 0. The minimum Gasteiger partial charge on any atom is -0.0991 e. The maximum Gasteiger partial charge on any atom is 0.0292 e. The SMILES string of the molecule is C=C/C=C\C1=C(C)CC2(C1)c1ccc(-c3ccccc3)cc1-c1cc(-c3ccccc3)ccc12. The van der Waals surface area contributed by atoms with E-state index in [4.69, 9.17) is 0 Å². The topological polar surface area (TPSA) is 0 Å². The standard InChI is InChI=1S/C34H28/c1-3-4-11-29-23-34(22-24(29)2)32-18-16-27(25-12-7-5-8-13-25)20-30(32)31-21-28(17-19-33(31)34)26-14-9-6-10-15-26/h3-21H,1,22-23H2,2H3/b11-4-. The molecule has 0 bridgehead atoms. The number of hydrogen-bond donors (Lipinski definition) is 0. The highest BCUT2D eigenvalue weighted by Crippen LogP contribution is 2.59. The average molecular weight is 437 g/mol. The zero-order chi connectivity index (χ0) is 23.1. The predicted octanol–water partition coefficient (Wildman–Crippen LogP) is 9.14. The van der Waals surface area contributed by atoms with Crippen molar-refractivity contribution in [3.63, 3.8) is 0 Å². The van der Waals surface area contributed by atoms with Crippen LogP contribution in [0.1, 0.15) is 30.9 Å². The van der Waals surface area contributed by atoms with Crippen molar-refractivity contribution in [2.24, 2.45) is 0 Å². The van der Waals surface area contributed by atoms with Crippen LogP contribution in [0.4, 0.5) is 0 Å². The fourth-order valence-corrected chi connectivity index (χ4v) is 6.01. The van der Waals surface area contributed by atoms with E-state index in [0.717, 1.165) is 12.8 Å². The van der Waals surface area contributed by atoms with Crippen molar-refractivity contribution in [1.29, 1.82) is 0 Å². The van der Waals surface area contributed by atoms with Gasteiger partial charge in [-0.1, -0.05) is 115 Å². The monoisotopic (exact) mass is 436 g/mol. The zero-order valence-corrected chi connectivity index (χ0v) is 19.6. The third kappa shape index (κ3) is 3.22. The Labute approximate surface area is 202 Å². The first kappa shape index (κ1) is 20.7. The van der Waals surface area contributed by atoms with E-state index < -0.39 is 0 Å². The highest BCUT2D eigenvalue weighted by atomic mass is 14.5. The van der Waals surface area contributed by atoms with Crippen LogP contribution >= 0.6 is 0 Å². The lowest BCUT2D eigenvalue weighted by atomic mass is 9.74. The number of benzene rings is 4. The van der Waals surface area contributed by atoms with Crippen LogP contribution in [0, 0.1) is 0 Å². The van der Waals surface area contributed by atoms with Crippen molar-refractivity contribution in [1.82, 2.24) is 0 Å². The first-order valence-electron chi connectivity index (χ1n) is 12.1. The van der Waals surface area contributed by atoms with E-state index in [-0.39, 0.29) is 5.41 Å². The fraction of sp³-hybridized carbons (Fsp3) is 0.118. The third-order valence-electron chi connectivity index (χ3n) is 7.62. The molecule has 34 heavy (non-hydrogen) atoms. The third-order valence-corrected chi connectivity index (χ3v) is 7.62. The number of fused-ring (bicyclic) bond motifs is 5. The summed E-state index contributed by atoms with van der Waals surface area (Å²) in [5, 5.41) is 0. The molecule has 164 valence electrons. The zero-order valence-electron chi connectivity index (χ0n) is 19.6.